The van der Waals surface area contributed by atoms with Crippen molar-refractivity contribution in [3.63, 3.8) is 0 Å². The summed E-state index contributed by atoms with van der Waals surface area (Å²) in [6.07, 6.45) is 1.91. The van der Waals surface area contributed by atoms with Gasteiger partial charge in [0.15, 0.2) is 0 Å². The van der Waals surface area contributed by atoms with Gasteiger partial charge in [0.05, 0.1) is 5.69 Å². The van der Waals surface area contributed by atoms with E-state index in [1.54, 1.807) is 0 Å². The maximum atomic E-state index is 13.3. The minimum atomic E-state index is -0.420. The molecule has 1 aromatic carbocycles. The molecule has 0 spiro atoms. The highest BCUT2D eigenvalue weighted by atomic mass is 19.1. The van der Waals surface area contributed by atoms with Gasteiger partial charge in [-0.15, -0.1) is 0 Å². The third kappa shape index (κ3) is 3.35. The molecule has 1 nitrogen and oxygen atoms in total. The van der Waals surface area contributed by atoms with Crippen molar-refractivity contribution in [1.29, 1.82) is 0 Å². The molecule has 3 heteroatoms. The highest BCUT2D eigenvalue weighted by molar-refractivity contribution is 5.47. The molecule has 82 valence electrons. The summed E-state index contributed by atoms with van der Waals surface area (Å²) in [5.41, 5.74) is 1.66. The van der Waals surface area contributed by atoms with Crippen LogP contribution in [0.25, 0.3) is 0 Å². The summed E-state index contributed by atoms with van der Waals surface area (Å²) in [6, 6.07) is 2.38. The van der Waals surface area contributed by atoms with Crippen molar-refractivity contribution in [2.24, 2.45) is 0 Å². The molecule has 0 heterocycles. The van der Waals surface area contributed by atoms with Crippen molar-refractivity contribution in [2.45, 2.75) is 20.8 Å². The number of anilines is 1. The molecule has 0 radical (unpaired) electrons. The van der Waals surface area contributed by atoms with Crippen molar-refractivity contribution in [3.8, 4) is 0 Å². The Labute approximate surface area is 88.8 Å². The topological polar surface area (TPSA) is 12.0 Å². The highest BCUT2D eigenvalue weighted by Crippen LogP contribution is 2.18. The van der Waals surface area contributed by atoms with Crippen LogP contribution >= 0.6 is 0 Å². The molecule has 1 aromatic rings. The lowest BCUT2D eigenvalue weighted by molar-refractivity contribution is 0.595. The van der Waals surface area contributed by atoms with Gasteiger partial charge in [-0.3, -0.25) is 0 Å². The molecule has 15 heavy (non-hydrogen) atoms. The van der Waals surface area contributed by atoms with Crippen molar-refractivity contribution >= 4 is 5.69 Å². The quantitative estimate of drug-likeness (QED) is 0.752. The van der Waals surface area contributed by atoms with Crippen LogP contribution in [0.5, 0.6) is 0 Å². The number of rotatable bonds is 3. The van der Waals surface area contributed by atoms with Crippen molar-refractivity contribution in [2.75, 3.05) is 11.9 Å². The first kappa shape index (κ1) is 11.7. The zero-order chi connectivity index (χ0) is 11.4. The van der Waals surface area contributed by atoms with Gasteiger partial charge in [-0.1, -0.05) is 11.6 Å². The van der Waals surface area contributed by atoms with Crippen LogP contribution in [-0.2, 0) is 0 Å². The van der Waals surface area contributed by atoms with E-state index in [2.05, 4.69) is 5.32 Å². The summed E-state index contributed by atoms with van der Waals surface area (Å²) < 4.78 is 26.4. The lowest BCUT2D eigenvalue weighted by Crippen LogP contribution is -2.02. The van der Waals surface area contributed by atoms with Crippen LogP contribution in [0.2, 0.25) is 0 Å². The molecule has 0 bridgehead atoms. The second-order valence-corrected chi connectivity index (χ2v) is 3.74. The van der Waals surface area contributed by atoms with Crippen LogP contribution in [0.4, 0.5) is 14.5 Å². The zero-order valence-electron chi connectivity index (χ0n) is 9.20. The SMILES string of the molecule is CC(C)=CCNc1cc(F)c(C)cc1F. The first-order valence-electron chi connectivity index (χ1n) is 4.83. The lowest BCUT2D eigenvalue weighted by Gasteiger charge is -2.07. The van der Waals surface area contributed by atoms with Gasteiger partial charge in [0.25, 0.3) is 0 Å². The maximum Gasteiger partial charge on any atom is 0.146 e. The predicted octanol–water partition coefficient (Wildman–Crippen LogP) is 3.65. The summed E-state index contributed by atoms with van der Waals surface area (Å²) in [7, 11) is 0. The Kier molecular flexibility index (Phi) is 3.83. The first-order chi connectivity index (χ1) is 7.00. The highest BCUT2D eigenvalue weighted by Gasteiger charge is 2.05. The van der Waals surface area contributed by atoms with E-state index >= 15 is 0 Å². The standard InChI is InChI=1S/C12H15F2N/c1-8(2)4-5-15-12-7-10(13)9(3)6-11(12)14/h4,6-7,15H,5H2,1-3H3. The van der Waals surface area contributed by atoms with Gasteiger partial charge in [-0.2, -0.15) is 0 Å². The molecule has 0 aliphatic rings. The summed E-state index contributed by atoms with van der Waals surface area (Å²) in [6.45, 7) is 5.95. The fraction of sp³-hybridized carbons (Fsp3) is 0.333. The van der Waals surface area contributed by atoms with E-state index in [0.717, 1.165) is 5.57 Å². The van der Waals surface area contributed by atoms with E-state index in [1.165, 1.54) is 19.1 Å². The molecule has 0 unspecified atom stereocenters. The molecule has 0 atom stereocenters. The van der Waals surface area contributed by atoms with Gasteiger partial charge < -0.3 is 5.32 Å². The van der Waals surface area contributed by atoms with Gasteiger partial charge in [-0.25, -0.2) is 8.78 Å². The molecule has 0 aliphatic heterocycles. The Hall–Kier alpha value is -1.38. The number of aryl methyl sites for hydroxylation is 1. The van der Waals surface area contributed by atoms with E-state index in [1.807, 2.05) is 19.9 Å². The summed E-state index contributed by atoms with van der Waals surface area (Å²) >= 11 is 0. The number of hydrogen-bond donors (Lipinski definition) is 1. The molecule has 1 rings (SSSR count). The second kappa shape index (κ2) is 4.91. The Morgan fingerprint density at radius 1 is 1.27 bits per heavy atom. The third-order valence-electron chi connectivity index (χ3n) is 2.05. The van der Waals surface area contributed by atoms with Crippen molar-refractivity contribution in [1.82, 2.24) is 0 Å². The average Bonchev–Trinajstić information content (AvgIpc) is 2.13. The largest absolute Gasteiger partial charge is 0.379 e. The van der Waals surface area contributed by atoms with E-state index < -0.39 is 11.6 Å². The molecule has 0 saturated heterocycles. The van der Waals surface area contributed by atoms with Crippen LogP contribution in [-0.4, -0.2) is 6.54 Å². The number of hydrogen-bond acceptors (Lipinski definition) is 1. The van der Waals surface area contributed by atoms with Gasteiger partial charge in [0, 0.05) is 12.6 Å². The number of allylic oxidation sites excluding steroid dienone is 1. The summed E-state index contributed by atoms with van der Waals surface area (Å²) in [4.78, 5) is 0. The van der Waals surface area contributed by atoms with E-state index in [4.69, 9.17) is 0 Å². The Bertz CT molecular complexity index is 379. The van der Waals surface area contributed by atoms with E-state index in [0.29, 0.717) is 12.1 Å². The fourth-order valence-electron chi connectivity index (χ4n) is 1.15. The first-order valence-corrected chi connectivity index (χ1v) is 4.83. The van der Waals surface area contributed by atoms with Crippen LogP contribution in [0.3, 0.4) is 0 Å². The van der Waals surface area contributed by atoms with Crippen molar-refractivity contribution in [3.05, 3.63) is 41.0 Å². The molecule has 1 N–H and O–H groups in total. The second-order valence-electron chi connectivity index (χ2n) is 3.74. The smallest absolute Gasteiger partial charge is 0.146 e. The Morgan fingerprint density at radius 3 is 2.53 bits per heavy atom. The van der Waals surface area contributed by atoms with Crippen LogP contribution in [0.1, 0.15) is 19.4 Å². The minimum absolute atomic E-state index is 0.204. The van der Waals surface area contributed by atoms with Crippen LogP contribution in [0, 0.1) is 18.6 Å². The Morgan fingerprint density at radius 2 is 1.93 bits per heavy atom. The van der Waals surface area contributed by atoms with E-state index in [-0.39, 0.29) is 5.69 Å². The molecular weight excluding hydrogens is 196 g/mol. The zero-order valence-corrected chi connectivity index (χ0v) is 9.20. The van der Waals surface area contributed by atoms with Gasteiger partial charge >= 0.3 is 0 Å². The van der Waals surface area contributed by atoms with Crippen LogP contribution in [0.15, 0.2) is 23.8 Å². The number of benzene rings is 1. The Balaban J connectivity index is 2.77. The number of halogens is 2. The molecule has 0 aliphatic carbocycles. The van der Waals surface area contributed by atoms with Gasteiger partial charge in [0.2, 0.25) is 0 Å². The summed E-state index contributed by atoms with van der Waals surface area (Å²) in [5, 5.41) is 2.82. The summed E-state index contributed by atoms with van der Waals surface area (Å²) in [5.74, 6) is -0.813. The number of nitrogens with one attached hydrogen (secondary N) is 1. The molecule has 0 saturated carbocycles. The molecule has 0 aromatic heterocycles. The third-order valence-corrected chi connectivity index (χ3v) is 2.05. The average molecular weight is 211 g/mol. The molecule has 0 amide bonds. The van der Waals surface area contributed by atoms with Gasteiger partial charge in [0.1, 0.15) is 11.6 Å². The minimum Gasteiger partial charge on any atom is -0.379 e. The fourth-order valence-corrected chi connectivity index (χ4v) is 1.15. The van der Waals surface area contributed by atoms with Crippen molar-refractivity contribution < 1.29 is 8.78 Å². The normalized spacial score (nSPS) is 9.93. The lowest BCUT2D eigenvalue weighted by atomic mass is 10.2. The van der Waals surface area contributed by atoms with Gasteiger partial charge in [-0.05, 0) is 32.4 Å². The maximum absolute atomic E-state index is 13.3. The molecular formula is C12H15F2N. The monoisotopic (exact) mass is 211 g/mol. The van der Waals surface area contributed by atoms with Crippen LogP contribution < -0.4 is 5.32 Å². The molecule has 0 fully saturated rings. The van der Waals surface area contributed by atoms with E-state index in [9.17, 15) is 8.78 Å². The predicted molar refractivity (Wildman–Crippen MR) is 59.0 cm³/mol.